The Bertz CT molecular complexity index is 656. The number of methoxy groups -OCH3 is 1. The van der Waals surface area contributed by atoms with Gasteiger partial charge in [0.1, 0.15) is 17.7 Å². The fourth-order valence-electron chi connectivity index (χ4n) is 2.89. The van der Waals surface area contributed by atoms with Gasteiger partial charge in [-0.25, -0.2) is 4.98 Å². The molecule has 2 aromatic rings. The van der Waals surface area contributed by atoms with Gasteiger partial charge in [0, 0.05) is 31.6 Å². The molecule has 0 saturated carbocycles. The van der Waals surface area contributed by atoms with E-state index in [1.54, 1.807) is 7.11 Å². The summed E-state index contributed by atoms with van der Waals surface area (Å²) in [5.74, 6) is 2.59. The normalized spacial score (nSPS) is 19.0. The van der Waals surface area contributed by atoms with Crippen molar-refractivity contribution in [3.8, 4) is 5.75 Å². The van der Waals surface area contributed by atoms with E-state index in [1.165, 1.54) is 11.1 Å². The number of ether oxygens (including phenoxy) is 2. The number of nitrogens with zero attached hydrogens (tertiary/aromatic N) is 3. The fourth-order valence-corrected chi connectivity index (χ4v) is 2.89. The zero-order valence-corrected chi connectivity index (χ0v) is 14.0. The third-order valence-electron chi connectivity index (χ3n) is 4.15. The van der Waals surface area contributed by atoms with E-state index in [1.807, 2.05) is 6.07 Å². The summed E-state index contributed by atoms with van der Waals surface area (Å²) < 4.78 is 11.3. The van der Waals surface area contributed by atoms with Gasteiger partial charge in [0.25, 0.3) is 0 Å². The molecule has 1 aromatic heterocycles. The highest BCUT2D eigenvalue weighted by Gasteiger charge is 2.25. The second-order valence-corrected chi connectivity index (χ2v) is 5.90. The van der Waals surface area contributed by atoms with E-state index in [2.05, 4.69) is 46.1 Å². The number of aromatic amines is 1. The number of H-pyrrole nitrogens is 1. The van der Waals surface area contributed by atoms with E-state index >= 15 is 0 Å². The third kappa shape index (κ3) is 3.71. The van der Waals surface area contributed by atoms with Gasteiger partial charge in [0.05, 0.1) is 13.7 Å². The Kier molecular flexibility index (Phi) is 4.93. The van der Waals surface area contributed by atoms with Crippen molar-refractivity contribution < 1.29 is 9.47 Å². The average Bonchev–Trinajstić information content (AvgIpc) is 3.04. The highest BCUT2D eigenvalue weighted by atomic mass is 16.5. The Hall–Kier alpha value is -1.92. The van der Waals surface area contributed by atoms with Gasteiger partial charge in [-0.15, -0.1) is 0 Å². The van der Waals surface area contributed by atoms with Crippen molar-refractivity contribution >= 4 is 0 Å². The Morgan fingerprint density at radius 3 is 3.04 bits per heavy atom. The number of aryl methyl sites for hydroxylation is 2. The molecule has 6 nitrogen and oxygen atoms in total. The van der Waals surface area contributed by atoms with Crippen LogP contribution in [0.1, 0.15) is 35.8 Å². The number of morpholine rings is 1. The van der Waals surface area contributed by atoms with Crippen molar-refractivity contribution in [3.05, 3.63) is 41.0 Å². The molecule has 0 spiro atoms. The number of hydrogen-bond donors (Lipinski definition) is 1. The first-order valence-electron chi connectivity index (χ1n) is 8.08. The Morgan fingerprint density at radius 1 is 1.43 bits per heavy atom. The number of nitrogens with one attached hydrogen (secondary N) is 1. The predicted octanol–water partition coefficient (Wildman–Crippen LogP) is 2.26. The summed E-state index contributed by atoms with van der Waals surface area (Å²) in [5, 5.41) is 7.25. The molecule has 1 aliphatic rings. The average molecular weight is 316 g/mol. The molecule has 3 rings (SSSR count). The SMILES string of the molecule is CCc1nc([C@@H]2CN(Cc3cc(C)ccc3OC)CCO2)n[nH]1. The minimum atomic E-state index is -0.0731. The molecule has 1 N–H and O–H groups in total. The van der Waals surface area contributed by atoms with Gasteiger partial charge in [-0.2, -0.15) is 5.10 Å². The lowest BCUT2D eigenvalue weighted by Gasteiger charge is -2.32. The van der Waals surface area contributed by atoms with Crippen LogP contribution >= 0.6 is 0 Å². The molecule has 1 saturated heterocycles. The molecule has 2 heterocycles. The predicted molar refractivity (Wildman–Crippen MR) is 87.5 cm³/mol. The maximum absolute atomic E-state index is 5.85. The molecule has 0 radical (unpaired) electrons. The number of benzene rings is 1. The van der Waals surface area contributed by atoms with Crippen LogP contribution in [0.3, 0.4) is 0 Å². The molecule has 1 aliphatic heterocycles. The largest absolute Gasteiger partial charge is 0.496 e. The molecule has 6 heteroatoms. The summed E-state index contributed by atoms with van der Waals surface area (Å²) in [5.41, 5.74) is 2.45. The molecule has 1 fully saturated rings. The van der Waals surface area contributed by atoms with Crippen molar-refractivity contribution in [2.24, 2.45) is 0 Å². The topological polar surface area (TPSA) is 63.3 Å². The van der Waals surface area contributed by atoms with Crippen molar-refractivity contribution in [2.45, 2.75) is 32.9 Å². The van der Waals surface area contributed by atoms with Crippen LogP contribution in [0.15, 0.2) is 18.2 Å². The van der Waals surface area contributed by atoms with E-state index in [0.717, 1.165) is 43.5 Å². The van der Waals surface area contributed by atoms with Crippen LogP contribution in [-0.2, 0) is 17.7 Å². The highest BCUT2D eigenvalue weighted by Crippen LogP contribution is 2.25. The van der Waals surface area contributed by atoms with Gasteiger partial charge < -0.3 is 9.47 Å². The Balaban J connectivity index is 1.70. The van der Waals surface area contributed by atoms with Crippen molar-refractivity contribution in [2.75, 3.05) is 26.8 Å². The third-order valence-corrected chi connectivity index (χ3v) is 4.15. The Morgan fingerprint density at radius 2 is 2.30 bits per heavy atom. The number of rotatable bonds is 5. The zero-order valence-electron chi connectivity index (χ0n) is 14.0. The Labute approximate surface area is 136 Å². The first-order chi connectivity index (χ1) is 11.2. The van der Waals surface area contributed by atoms with Crippen LogP contribution in [-0.4, -0.2) is 46.9 Å². The summed E-state index contributed by atoms with van der Waals surface area (Å²) in [6.07, 6.45) is 0.778. The van der Waals surface area contributed by atoms with Gasteiger partial charge in [-0.1, -0.05) is 24.6 Å². The molecular formula is C17H24N4O2. The molecular weight excluding hydrogens is 292 g/mol. The van der Waals surface area contributed by atoms with E-state index < -0.39 is 0 Å². The van der Waals surface area contributed by atoms with Crippen LogP contribution < -0.4 is 4.74 Å². The molecule has 0 bridgehead atoms. The van der Waals surface area contributed by atoms with E-state index in [4.69, 9.17) is 9.47 Å². The van der Waals surface area contributed by atoms with Gasteiger partial charge in [0.2, 0.25) is 0 Å². The van der Waals surface area contributed by atoms with Crippen LogP contribution in [0.5, 0.6) is 5.75 Å². The lowest BCUT2D eigenvalue weighted by Crippen LogP contribution is -2.38. The van der Waals surface area contributed by atoms with Crippen LogP contribution in [0.25, 0.3) is 0 Å². The van der Waals surface area contributed by atoms with E-state index in [9.17, 15) is 0 Å². The maximum atomic E-state index is 5.85. The molecule has 124 valence electrons. The van der Waals surface area contributed by atoms with Gasteiger partial charge >= 0.3 is 0 Å². The molecule has 23 heavy (non-hydrogen) atoms. The standard InChI is InChI=1S/C17H24N4O2/c1-4-16-18-17(20-19-16)15-11-21(7-8-23-15)10-13-9-12(2)5-6-14(13)22-3/h5-6,9,15H,4,7-8,10-11H2,1-3H3,(H,18,19,20)/t15-/m0/s1. The first-order valence-corrected chi connectivity index (χ1v) is 8.08. The minimum absolute atomic E-state index is 0.0731. The molecule has 0 amide bonds. The lowest BCUT2D eigenvalue weighted by atomic mass is 10.1. The lowest BCUT2D eigenvalue weighted by molar-refractivity contribution is -0.0372. The number of hydrogen-bond acceptors (Lipinski definition) is 5. The molecule has 1 atom stereocenters. The second-order valence-electron chi connectivity index (χ2n) is 5.90. The van der Waals surface area contributed by atoms with Gasteiger partial charge in [0.15, 0.2) is 5.82 Å². The second kappa shape index (κ2) is 7.10. The molecule has 1 aromatic carbocycles. The van der Waals surface area contributed by atoms with Crippen molar-refractivity contribution in [1.82, 2.24) is 20.1 Å². The highest BCUT2D eigenvalue weighted by molar-refractivity contribution is 5.36. The smallest absolute Gasteiger partial charge is 0.180 e. The van der Waals surface area contributed by atoms with Crippen LogP contribution in [0, 0.1) is 6.92 Å². The first kappa shape index (κ1) is 16.0. The van der Waals surface area contributed by atoms with Crippen LogP contribution in [0.2, 0.25) is 0 Å². The summed E-state index contributed by atoms with van der Waals surface area (Å²) in [7, 11) is 1.72. The summed E-state index contributed by atoms with van der Waals surface area (Å²) in [6, 6.07) is 6.29. The van der Waals surface area contributed by atoms with E-state index in [0.29, 0.717) is 6.61 Å². The summed E-state index contributed by atoms with van der Waals surface area (Å²) in [4.78, 5) is 6.87. The van der Waals surface area contributed by atoms with E-state index in [-0.39, 0.29) is 6.10 Å². The molecule has 0 aliphatic carbocycles. The summed E-state index contributed by atoms with van der Waals surface area (Å²) in [6.45, 7) is 7.38. The van der Waals surface area contributed by atoms with Crippen molar-refractivity contribution in [3.63, 3.8) is 0 Å². The molecule has 0 unspecified atom stereocenters. The number of aromatic nitrogens is 3. The fraction of sp³-hybridized carbons (Fsp3) is 0.529. The van der Waals surface area contributed by atoms with Crippen LogP contribution in [0.4, 0.5) is 0 Å². The van der Waals surface area contributed by atoms with Crippen molar-refractivity contribution in [1.29, 1.82) is 0 Å². The quantitative estimate of drug-likeness (QED) is 0.917. The van der Waals surface area contributed by atoms with Gasteiger partial charge in [-0.05, 0) is 13.0 Å². The monoisotopic (exact) mass is 316 g/mol. The minimum Gasteiger partial charge on any atom is -0.496 e. The van der Waals surface area contributed by atoms with Gasteiger partial charge in [-0.3, -0.25) is 10.00 Å². The zero-order chi connectivity index (χ0) is 16.2. The maximum Gasteiger partial charge on any atom is 0.180 e. The summed E-state index contributed by atoms with van der Waals surface area (Å²) >= 11 is 0.